The molecule has 2 fully saturated rings. The summed E-state index contributed by atoms with van der Waals surface area (Å²) in [5, 5.41) is 6.18. The van der Waals surface area contributed by atoms with Crippen LogP contribution < -0.4 is 66.9 Å². The molecule has 9 heteroatoms. The fraction of sp³-hybridized carbons (Fsp3) is 0.346. The largest absolute Gasteiger partial charge is 1.00 e. The summed E-state index contributed by atoms with van der Waals surface area (Å²) in [4.78, 5) is 24.0. The predicted molar refractivity (Wildman–Crippen MR) is 132 cm³/mol. The molecule has 3 aliphatic rings. The number of aryl methyl sites for hydroxylation is 1. The summed E-state index contributed by atoms with van der Waals surface area (Å²) in [6.07, 6.45) is 8.21. The fourth-order valence-corrected chi connectivity index (χ4v) is 4.42. The van der Waals surface area contributed by atoms with Crippen molar-refractivity contribution in [3.05, 3.63) is 72.2 Å². The summed E-state index contributed by atoms with van der Waals surface area (Å²) < 4.78 is 7.29. The van der Waals surface area contributed by atoms with Gasteiger partial charge >= 0.3 is 51.4 Å². The maximum atomic E-state index is 12.9. The van der Waals surface area contributed by atoms with Crippen molar-refractivity contribution in [1.29, 1.82) is 0 Å². The van der Waals surface area contributed by atoms with Gasteiger partial charge < -0.3 is 36.0 Å². The number of benzene rings is 1. The van der Waals surface area contributed by atoms with Crippen molar-refractivity contribution in [3.63, 3.8) is 0 Å². The molecule has 1 amide bonds. The van der Waals surface area contributed by atoms with E-state index in [-0.39, 0.29) is 63.3 Å². The number of nitrogens with zero attached hydrogens (tertiary/aromatic N) is 4. The van der Waals surface area contributed by atoms with Gasteiger partial charge in [0.15, 0.2) is 0 Å². The minimum absolute atomic E-state index is 0. The Kier molecular flexibility index (Phi) is 8.15. The van der Waals surface area contributed by atoms with E-state index in [1.165, 1.54) is 0 Å². The fourth-order valence-electron chi connectivity index (χ4n) is 4.42. The smallest absolute Gasteiger partial charge is 0.560 e. The van der Waals surface area contributed by atoms with Gasteiger partial charge in [-0.2, -0.15) is 0 Å². The van der Waals surface area contributed by atoms with Crippen molar-refractivity contribution in [2.45, 2.75) is 19.9 Å². The van der Waals surface area contributed by atoms with E-state index in [1.54, 1.807) is 12.4 Å². The Bertz CT molecular complexity index is 1200. The Balaban J connectivity index is 0.00000289. The molecule has 0 radical (unpaired) electrons. The first-order valence-electron chi connectivity index (χ1n) is 11.4. The van der Waals surface area contributed by atoms with Crippen LogP contribution in [0.4, 0.5) is 11.5 Å². The van der Waals surface area contributed by atoms with Gasteiger partial charge in [-0.15, -0.1) is 6.20 Å². The molecular formula is C26H29KN6O2. The van der Waals surface area contributed by atoms with Crippen LogP contribution in [0.25, 0.3) is 0 Å². The normalized spacial score (nSPS) is 19.6. The molecule has 1 aromatic heterocycles. The quantitative estimate of drug-likeness (QED) is 0.239. The van der Waals surface area contributed by atoms with E-state index in [2.05, 4.69) is 31.7 Å². The summed E-state index contributed by atoms with van der Waals surface area (Å²) in [5.74, 6) is 0.776. The van der Waals surface area contributed by atoms with Crippen LogP contribution in [0, 0.1) is 25.1 Å². The van der Waals surface area contributed by atoms with Crippen molar-refractivity contribution in [2.24, 2.45) is 10.4 Å². The van der Waals surface area contributed by atoms with Crippen LogP contribution in [0.2, 0.25) is 0 Å². The van der Waals surface area contributed by atoms with Gasteiger partial charge in [0, 0.05) is 31.0 Å². The van der Waals surface area contributed by atoms with Gasteiger partial charge in [-0.25, -0.2) is 4.98 Å². The van der Waals surface area contributed by atoms with Crippen molar-refractivity contribution in [1.82, 2.24) is 10.3 Å². The zero-order chi connectivity index (χ0) is 23.7. The summed E-state index contributed by atoms with van der Waals surface area (Å²) in [6, 6.07) is 9.70. The molecule has 2 aromatic rings. The van der Waals surface area contributed by atoms with Crippen LogP contribution in [0.1, 0.15) is 34.5 Å². The second kappa shape index (κ2) is 10.9. The molecule has 0 saturated carbocycles. The summed E-state index contributed by atoms with van der Waals surface area (Å²) in [7, 11) is 1.96. The van der Waals surface area contributed by atoms with Gasteiger partial charge in [0.1, 0.15) is 12.9 Å². The topological polar surface area (TPSA) is 81.9 Å². The third kappa shape index (κ3) is 5.87. The molecule has 3 aliphatic heterocycles. The molecule has 4 heterocycles. The van der Waals surface area contributed by atoms with Crippen LogP contribution in [0.3, 0.4) is 0 Å². The van der Waals surface area contributed by atoms with Crippen molar-refractivity contribution in [2.75, 3.05) is 43.6 Å². The zero-order valence-electron chi connectivity index (χ0n) is 20.7. The van der Waals surface area contributed by atoms with E-state index in [4.69, 9.17) is 4.74 Å². The van der Waals surface area contributed by atoms with Crippen LogP contribution in [-0.2, 0) is 4.74 Å². The first kappa shape index (κ1) is 26.1. The van der Waals surface area contributed by atoms with Crippen LogP contribution in [0.15, 0.2) is 47.7 Å². The van der Waals surface area contributed by atoms with E-state index < -0.39 is 0 Å². The Morgan fingerprint density at radius 3 is 2.80 bits per heavy atom. The number of carbonyl (C=O) groups excluding carboxylic acids is 1. The molecule has 8 nitrogen and oxygen atoms in total. The predicted octanol–water partition coefficient (Wildman–Crippen LogP) is -0.263. The van der Waals surface area contributed by atoms with Gasteiger partial charge in [-0.3, -0.25) is 4.79 Å². The third-order valence-electron chi connectivity index (χ3n) is 6.38. The Hall–Kier alpha value is -2.01. The molecule has 176 valence electrons. The first-order chi connectivity index (χ1) is 16.4. The number of rotatable bonds is 7. The number of carbonyl (C=O) groups is 1. The number of aromatic nitrogens is 1. The van der Waals surface area contributed by atoms with Gasteiger partial charge in [-0.1, -0.05) is 12.1 Å². The van der Waals surface area contributed by atoms with E-state index in [1.807, 2.05) is 68.6 Å². The molecule has 0 aliphatic carbocycles. The minimum atomic E-state index is -0.173. The number of pyridine rings is 1. The molecule has 2 N–H and O–H groups in total. The van der Waals surface area contributed by atoms with E-state index in [9.17, 15) is 4.79 Å². The Morgan fingerprint density at radius 1 is 1.37 bits per heavy atom. The average molecular weight is 497 g/mol. The molecule has 35 heavy (non-hydrogen) atoms. The molecule has 5 rings (SSSR count). The van der Waals surface area contributed by atoms with Crippen LogP contribution >= 0.6 is 0 Å². The number of anilines is 2. The van der Waals surface area contributed by atoms with Crippen molar-refractivity contribution >= 4 is 29.3 Å². The van der Waals surface area contributed by atoms with E-state index >= 15 is 0 Å². The maximum absolute atomic E-state index is 12.9. The number of ether oxygens (including phenoxy) is 1. The van der Waals surface area contributed by atoms with Crippen LogP contribution in [0.5, 0.6) is 0 Å². The molecular weight excluding hydrogens is 467 g/mol. The van der Waals surface area contributed by atoms with E-state index in [0.29, 0.717) is 11.0 Å². The SMILES string of the molecule is Cc1cc(C(=O)Nc2cccc(C(C)N[C-]=CN=C3C=[N+](C)[CH-]3)c2)cnc1N1CC2(COC2)C1.[K+]. The second-order valence-electron chi connectivity index (χ2n) is 9.41. The maximum Gasteiger partial charge on any atom is 1.00 e. The minimum Gasteiger partial charge on any atom is -0.560 e. The zero-order valence-corrected chi connectivity index (χ0v) is 23.8. The molecule has 1 unspecified atom stereocenters. The Morgan fingerprint density at radius 2 is 2.14 bits per heavy atom. The van der Waals surface area contributed by atoms with Gasteiger partial charge in [0.25, 0.3) is 5.91 Å². The molecule has 2 saturated heterocycles. The third-order valence-corrected chi connectivity index (χ3v) is 6.38. The first-order valence-corrected chi connectivity index (χ1v) is 11.4. The van der Waals surface area contributed by atoms with Gasteiger partial charge in [-0.05, 0) is 43.2 Å². The Labute approximate surface area is 249 Å². The number of hydrogen-bond acceptors (Lipinski definition) is 6. The number of nitrogens with one attached hydrogen (secondary N) is 2. The van der Waals surface area contributed by atoms with Crippen LogP contribution in [-0.4, -0.2) is 60.7 Å². The summed E-state index contributed by atoms with van der Waals surface area (Å²) >= 11 is 0. The second-order valence-corrected chi connectivity index (χ2v) is 9.41. The average Bonchev–Trinajstić information content (AvgIpc) is 2.74. The van der Waals surface area contributed by atoms with Gasteiger partial charge in [0.05, 0.1) is 42.7 Å². The van der Waals surface area contributed by atoms with Gasteiger partial charge in [0.2, 0.25) is 0 Å². The van der Waals surface area contributed by atoms with Crippen molar-refractivity contribution < 1.29 is 65.5 Å². The standard InChI is InChI=1S/C26H29N6O2.K/c1-18-9-21(11-29-24(18)32-14-26(15-32)16-34-17-26)25(33)30-22-6-4-5-20(10-22)19(2)27-7-8-28-23-12-31(3)13-23;/h4-6,8-13,19,27H,14-17H2,1-3H3,(H,30,33);/q-1;+1. The summed E-state index contributed by atoms with van der Waals surface area (Å²) in [6.45, 7) is 9.60. The monoisotopic (exact) mass is 496 g/mol. The number of hydrogen-bond donors (Lipinski definition) is 2. The molecule has 0 bridgehead atoms. The number of aliphatic imine (C=N–C) groups is 1. The van der Waals surface area contributed by atoms with E-state index in [0.717, 1.165) is 54.6 Å². The molecule has 1 aromatic carbocycles. The molecule has 1 spiro atoms. The van der Waals surface area contributed by atoms with Crippen molar-refractivity contribution in [3.8, 4) is 0 Å². The number of amides is 1. The molecule has 1 atom stereocenters. The summed E-state index contributed by atoms with van der Waals surface area (Å²) in [5.41, 5.74) is 4.55.